The fraction of sp³-hybridized carbons (Fsp3) is 0.111. The Hall–Kier alpha value is -4.52. The van der Waals surface area contributed by atoms with Crippen LogP contribution in [0.25, 0.3) is 22.4 Å². The molecule has 7 nitrogen and oxygen atoms in total. The standard InChI is InChI=1S/C27H22N4O3/c1-17-15-31-27(33-17)20-6-7-22-23(14-20)29-13-10-25(22)34-24-5-3-4-21(18(24)2)26(32)30-16-19-8-11-28-12-9-19/h3-15H,16H2,1-2H3,(H,30,32). The van der Waals surface area contributed by atoms with Crippen LogP contribution in [0.1, 0.15) is 27.2 Å². The van der Waals surface area contributed by atoms with Gasteiger partial charge in [0.05, 0.1) is 11.7 Å². The molecule has 3 heterocycles. The number of carbonyl (C=O) groups is 1. The van der Waals surface area contributed by atoms with Crippen LogP contribution in [0.5, 0.6) is 11.5 Å². The van der Waals surface area contributed by atoms with Gasteiger partial charge in [-0.3, -0.25) is 14.8 Å². The maximum absolute atomic E-state index is 12.8. The van der Waals surface area contributed by atoms with Gasteiger partial charge in [0.25, 0.3) is 5.91 Å². The highest BCUT2D eigenvalue weighted by Crippen LogP contribution is 2.33. The lowest BCUT2D eigenvalue weighted by atomic mass is 10.1. The van der Waals surface area contributed by atoms with Crippen LogP contribution >= 0.6 is 0 Å². The number of amides is 1. The third-order valence-electron chi connectivity index (χ3n) is 5.52. The zero-order valence-corrected chi connectivity index (χ0v) is 18.8. The third kappa shape index (κ3) is 4.36. The first-order valence-electron chi connectivity index (χ1n) is 10.8. The van der Waals surface area contributed by atoms with Gasteiger partial charge in [0.1, 0.15) is 17.3 Å². The molecular formula is C27H22N4O3. The fourth-order valence-corrected chi connectivity index (χ4v) is 3.70. The molecule has 0 saturated heterocycles. The van der Waals surface area contributed by atoms with E-state index in [1.165, 1.54) is 0 Å². The number of rotatable bonds is 6. The summed E-state index contributed by atoms with van der Waals surface area (Å²) in [4.78, 5) is 25.6. The first-order valence-corrected chi connectivity index (χ1v) is 10.8. The van der Waals surface area contributed by atoms with E-state index < -0.39 is 0 Å². The second kappa shape index (κ2) is 9.15. The zero-order chi connectivity index (χ0) is 23.5. The molecule has 0 bridgehead atoms. The van der Waals surface area contributed by atoms with E-state index in [9.17, 15) is 4.79 Å². The SMILES string of the molecule is Cc1cnc(-c2ccc3c(Oc4cccc(C(=O)NCc5ccncc5)c4C)ccnc3c2)o1. The van der Waals surface area contributed by atoms with Crippen molar-refractivity contribution in [2.45, 2.75) is 20.4 Å². The number of aromatic nitrogens is 3. The van der Waals surface area contributed by atoms with E-state index in [0.29, 0.717) is 29.5 Å². The van der Waals surface area contributed by atoms with Crippen LogP contribution in [0.3, 0.4) is 0 Å². The number of benzene rings is 2. The van der Waals surface area contributed by atoms with Gasteiger partial charge in [-0.1, -0.05) is 6.07 Å². The Morgan fingerprint density at radius 2 is 1.82 bits per heavy atom. The third-order valence-corrected chi connectivity index (χ3v) is 5.52. The summed E-state index contributed by atoms with van der Waals surface area (Å²) < 4.78 is 11.9. The minimum atomic E-state index is -0.162. The molecule has 0 fully saturated rings. The van der Waals surface area contributed by atoms with Crippen molar-refractivity contribution in [3.63, 3.8) is 0 Å². The number of hydrogen-bond acceptors (Lipinski definition) is 6. The second-order valence-corrected chi connectivity index (χ2v) is 7.89. The molecule has 3 aromatic heterocycles. The molecule has 0 saturated carbocycles. The molecule has 0 aliphatic heterocycles. The number of ether oxygens (including phenoxy) is 1. The molecule has 5 rings (SSSR count). The molecule has 7 heteroatoms. The lowest BCUT2D eigenvalue weighted by Crippen LogP contribution is -2.23. The van der Waals surface area contributed by atoms with E-state index in [1.54, 1.807) is 30.9 Å². The highest BCUT2D eigenvalue weighted by atomic mass is 16.5. The number of pyridine rings is 2. The summed E-state index contributed by atoms with van der Waals surface area (Å²) in [5, 5.41) is 3.80. The summed E-state index contributed by atoms with van der Waals surface area (Å²) >= 11 is 0. The minimum absolute atomic E-state index is 0.162. The van der Waals surface area contributed by atoms with Crippen LogP contribution in [0.15, 0.2) is 83.8 Å². The van der Waals surface area contributed by atoms with Gasteiger partial charge >= 0.3 is 0 Å². The Kier molecular flexibility index (Phi) is 5.74. The maximum atomic E-state index is 12.8. The number of nitrogens with zero attached hydrogens (tertiary/aromatic N) is 3. The Balaban J connectivity index is 1.39. The van der Waals surface area contributed by atoms with E-state index in [2.05, 4.69) is 20.3 Å². The second-order valence-electron chi connectivity index (χ2n) is 7.89. The Morgan fingerprint density at radius 3 is 2.62 bits per heavy atom. The average Bonchev–Trinajstić information content (AvgIpc) is 3.30. The number of aryl methyl sites for hydroxylation is 1. The van der Waals surface area contributed by atoms with Crippen molar-refractivity contribution in [1.82, 2.24) is 20.3 Å². The number of fused-ring (bicyclic) bond motifs is 1. The summed E-state index contributed by atoms with van der Waals surface area (Å²) in [6, 6.07) is 16.8. The van der Waals surface area contributed by atoms with Crippen LogP contribution in [-0.4, -0.2) is 20.9 Å². The zero-order valence-electron chi connectivity index (χ0n) is 18.8. The van der Waals surface area contributed by atoms with Crippen molar-refractivity contribution in [1.29, 1.82) is 0 Å². The topological polar surface area (TPSA) is 90.1 Å². The number of carbonyl (C=O) groups excluding carboxylic acids is 1. The minimum Gasteiger partial charge on any atom is -0.456 e. The molecule has 0 aliphatic rings. The van der Waals surface area contributed by atoms with Crippen molar-refractivity contribution in [3.05, 3.63) is 102 Å². The molecule has 168 valence electrons. The van der Waals surface area contributed by atoms with E-state index in [4.69, 9.17) is 9.15 Å². The summed E-state index contributed by atoms with van der Waals surface area (Å²) in [5.41, 5.74) is 3.90. The highest BCUT2D eigenvalue weighted by Gasteiger charge is 2.15. The molecule has 1 N–H and O–H groups in total. The molecule has 2 aromatic carbocycles. The largest absolute Gasteiger partial charge is 0.456 e. The number of oxazole rings is 1. The number of nitrogens with one attached hydrogen (secondary N) is 1. The van der Waals surface area contributed by atoms with Gasteiger partial charge in [0.2, 0.25) is 5.89 Å². The van der Waals surface area contributed by atoms with Gasteiger partial charge in [0.15, 0.2) is 0 Å². The first kappa shape index (κ1) is 21.3. The van der Waals surface area contributed by atoms with Gasteiger partial charge in [-0.25, -0.2) is 4.98 Å². The van der Waals surface area contributed by atoms with Gasteiger partial charge < -0.3 is 14.5 Å². The van der Waals surface area contributed by atoms with Gasteiger partial charge in [0, 0.05) is 47.2 Å². The van der Waals surface area contributed by atoms with Crippen molar-refractivity contribution < 1.29 is 13.9 Å². The maximum Gasteiger partial charge on any atom is 0.251 e. The van der Waals surface area contributed by atoms with E-state index >= 15 is 0 Å². The summed E-state index contributed by atoms with van der Waals surface area (Å²) in [6.45, 7) is 4.16. The quantitative estimate of drug-likeness (QED) is 0.361. The average molecular weight is 450 g/mol. The van der Waals surface area contributed by atoms with Gasteiger partial charge in [-0.2, -0.15) is 0 Å². The van der Waals surface area contributed by atoms with E-state index in [1.807, 2.05) is 62.4 Å². The van der Waals surface area contributed by atoms with Gasteiger partial charge in [-0.05, 0) is 67.9 Å². The van der Waals surface area contributed by atoms with Crippen LogP contribution in [0.4, 0.5) is 0 Å². The predicted molar refractivity (Wildman–Crippen MR) is 129 cm³/mol. The predicted octanol–water partition coefficient (Wildman–Crippen LogP) is 5.62. The monoisotopic (exact) mass is 450 g/mol. The van der Waals surface area contributed by atoms with Crippen molar-refractivity contribution in [2.75, 3.05) is 0 Å². The Morgan fingerprint density at radius 1 is 0.971 bits per heavy atom. The first-order chi connectivity index (χ1) is 16.6. The summed E-state index contributed by atoms with van der Waals surface area (Å²) in [6.07, 6.45) is 6.79. The fourth-order valence-electron chi connectivity index (χ4n) is 3.70. The lowest BCUT2D eigenvalue weighted by Gasteiger charge is -2.14. The molecule has 0 spiro atoms. The van der Waals surface area contributed by atoms with E-state index in [-0.39, 0.29) is 5.91 Å². The van der Waals surface area contributed by atoms with Crippen LogP contribution in [0, 0.1) is 13.8 Å². The molecule has 1 amide bonds. The summed E-state index contributed by atoms with van der Waals surface area (Å²) in [5.74, 6) is 2.40. The highest BCUT2D eigenvalue weighted by molar-refractivity contribution is 5.96. The Bertz CT molecular complexity index is 1480. The molecule has 0 atom stereocenters. The lowest BCUT2D eigenvalue weighted by molar-refractivity contribution is 0.0950. The molecular weight excluding hydrogens is 428 g/mol. The normalized spacial score (nSPS) is 10.9. The van der Waals surface area contributed by atoms with E-state index in [0.717, 1.165) is 33.4 Å². The van der Waals surface area contributed by atoms with Crippen LogP contribution < -0.4 is 10.1 Å². The van der Waals surface area contributed by atoms with Crippen molar-refractivity contribution >= 4 is 16.8 Å². The molecule has 0 aliphatic carbocycles. The molecule has 5 aromatic rings. The Labute approximate surface area is 196 Å². The van der Waals surface area contributed by atoms with Crippen LogP contribution in [0.2, 0.25) is 0 Å². The summed E-state index contributed by atoms with van der Waals surface area (Å²) in [7, 11) is 0. The van der Waals surface area contributed by atoms with Crippen molar-refractivity contribution in [3.8, 4) is 23.0 Å². The molecule has 34 heavy (non-hydrogen) atoms. The van der Waals surface area contributed by atoms with Crippen molar-refractivity contribution in [2.24, 2.45) is 0 Å². The smallest absolute Gasteiger partial charge is 0.251 e. The molecule has 0 radical (unpaired) electrons. The van der Waals surface area contributed by atoms with Crippen LogP contribution in [-0.2, 0) is 6.54 Å². The van der Waals surface area contributed by atoms with Gasteiger partial charge in [-0.15, -0.1) is 0 Å². The molecule has 0 unspecified atom stereocenters. The number of hydrogen-bond donors (Lipinski definition) is 1.